The second kappa shape index (κ2) is 7.38. The molecule has 9 heteroatoms. The highest BCUT2D eigenvalue weighted by Crippen LogP contribution is 2.29. The average Bonchev–Trinajstić information content (AvgIpc) is 2.55. The number of anilines is 1. The molecule has 0 bridgehead atoms. The molecule has 0 saturated carbocycles. The molecule has 2 aromatic carbocycles. The van der Waals surface area contributed by atoms with E-state index in [0.717, 1.165) is 23.5 Å². The van der Waals surface area contributed by atoms with Crippen LogP contribution in [0.15, 0.2) is 47.4 Å². The predicted octanol–water partition coefficient (Wildman–Crippen LogP) is 3.50. The van der Waals surface area contributed by atoms with Crippen LogP contribution in [0.1, 0.15) is 0 Å². The Morgan fingerprint density at radius 3 is 2.29 bits per heavy atom. The van der Waals surface area contributed by atoms with Crippen LogP contribution < -0.4 is 4.31 Å². The van der Waals surface area contributed by atoms with Crippen molar-refractivity contribution in [2.45, 2.75) is 4.90 Å². The largest absolute Gasteiger partial charge is 0.468 e. The molecule has 0 spiro atoms. The van der Waals surface area contributed by atoms with Crippen LogP contribution in [0, 0.1) is 5.82 Å². The van der Waals surface area contributed by atoms with Gasteiger partial charge >= 0.3 is 5.97 Å². The Morgan fingerprint density at radius 2 is 1.75 bits per heavy atom. The number of esters is 1. The first-order valence-electron chi connectivity index (χ1n) is 6.56. The van der Waals surface area contributed by atoms with Gasteiger partial charge in [0.2, 0.25) is 0 Å². The molecule has 2 aromatic rings. The normalized spacial score (nSPS) is 11.2. The van der Waals surface area contributed by atoms with E-state index in [1.807, 2.05) is 0 Å². The highest BCUT2D eigenvalue weighted by Gasteiger charge is 2.28. The Kier molecular flexibility index (Phi) is 5.69. The lowest BCUT2D eigenvalue weighted by Crippen LogP contribution is -2.36. The fourth-order valence-electron chi connectivity index (χ4n) is 1.87. The number of hydrogen-bond acceptors (Lipinski definition) is 4. The number of halogens is 3. The number of carbonyl (C=O) groups excluding carboxylic acids is 1. The third kappa shape index (κ3) is 3.98. The van der Waals surface area contributed by atoms with Crippen molar-refractivity contribution < 1.29 is 22.3 Å². The summed E-state index contributed by atoms with van der Waals surface area (Å²) in [5, 5.41) is 0.242. The number of methoxy groups -OCH3 is 1. The molecule has 0 saturated heterocycles. The molecule has 128 valence electrons. The molecule has 0 radical (unpaired) electrons. The number of benzene rings is 2. The van der Waals surface area contributed by atoms with E-state index in [2.05, 4.69) is 4.74 Å². The summed E-state index contributed by atoms with van der Waals surface area (Å²) < 4.78 is 44.2. The summed E-state index contributed by atoms with van der Waals surface area (Å²) in [6.07, 6.45) is 0. The first-order chi connectivity index (χ1) is 11.3. The lowest BCUT2D eigenvalue weighted by atomic mass is 10.3. The van der Waals surface area contributed by atoms with E-state index in [4.69, 9.17) is 23.2 Å². The lowest BCUT2D eigenvalue weighted by molar-refractivity contribution is -0.138. The summed E-state index contributed by atoms with van der Waals surface area (Å²) in [5.74, 6) is -1.31. The second-order valence-electron chi connectivity index (χ2n) is 4.64. The molecule has 0 aliphatic rings. The van der Waals surface area contributed by atoms with Gasteiger partial charge in [-0.15, -0.1) is 0 Å². The zero-order chi connectivity index (χ0) is 17.9. The van der Waals surface area contributed by atoms with E-state index in [1.165, 1.54) is 30.3 Å². The lowest BCUT2D eigenvalue weighted by Gasteiger charge is -2.23. The van der Waals surface area contributed by atoms with Gasteiger partial charge in [0.05, 0.1) is 27.7 Å². The van der Waals surface area contributed by atoms with Gasteiger partial charge < -0.3 is 4.74 Å². The molecule has 5 nitrogen and oxygen atoms in total. The maximum absolute atomic E-state index is 13.1. The van der Waals surface area contributed by atoms with Gasteiger partial charge in [-0.05, 0) is 42.5 Å². The minimum Gasteiger partial charge on any atom is -0.468 e. The number of sulfonamides is 1. The maximum atomic E-state index is 13.1. The molecule has 0 N–H and O–H groups in total. The van der Waals surface area contributed by atoms with Crippen molar-refractivity contribution in [2.75, 3.05) is 18.0 Å². The van der Waals surface area contributed by atoms with Crippen LogP contribution in [-0.2, 0) is 19.6 Å². The number of ether oxygens (including phenoxy) is 1. The van der Waals surface area contributed by atoms with Gasteiger partial charge in [-0.2, -0.15) is 0 Å². The monoisotopic (exact) mass is 391 g/mol. The van der Waals surface area contributed by atoms with E-state index in [9.17, 15) is 17.6 Å². The molecule has 0 unspecified atom stereocenters. The van der Waals surface area contributed by atoms with E-state index < -0.39 is 28.4 Å². The van der Waals surface area contributed by atoms with Crippen LogP contribution in [0.5, 0.6) is 0 Å². The summed E-state index contributed by atoms with van der Waals surface area (Å²) in [7, 11) is -3.01. The quantitative estimate of drug-likeness (QED) is 0.731. The summed E-state index contributed by atoms with van der Waals surface area (Å²) in [5.41, 5.74) is 0.105. The SMILES string of the molecule is COC(=O)CN(c1ccc(F)cc1)S(=O)(=O)c1ccc(Cl)c(Cl)c1. The van der Waals surface area contributed by atoms with Crippen molar-refractivity contribution in [3.8, 4) is 0 Å². The molecule has 0 atom stereocenters. The second-order valence-corrected chi connectivity index (χ2v) is 7.32. The van der Waals surface area contributed by atoms with Gasteiger partial charge in [0.25, 0.3) is 10.0 Å². The Labute approximate surface area is 148 Å². The van der Waals surface area contributed by atoms with Gasteiger partial charge in [-0.1, -0.05) is 23.2 Å². The summed E-state index contributed by atoms with van der Waals surface area (Å²) in [4.78, 5) is 11.5. The first-order valence-corrected chi connectivity index (χ1v) is 8.75. The van der Waals surface area contributed by atoms with Crippen molar-refractivity contribution in [2.24, 2.45) is 0 Å². The third-order valence-electron chi connectivity index (χ3n) is 3.09. The molecular weight excluding hydrogens is 380 g/mol. The van der Waals surface area contributed by atoms with Crippen LogP contribution in [0.3, 0.4) is 0 Å². The topological polar surface area (TPSA) is 63.7 Å². The van der Waals surface area contributed by atoms with Gasteiger partial charge in [0.15, 0.2) is 0 Å². The highest BCUT2D eigenvalue weighted by molar-refractivity contribution is 7.92. The number of carbonyl (C=O) groups is 1. The number of nitrogens with zero attached hydrogens (tertiary/aromatic N) is 1. The van der Waals surface area contributed by atoms with Crippen LogP contribution in [0.2, 0.25) is 10.0 Å². The summed E-state index contributed by atoms with van der Waals surface area (Å²) in [6.45, 7) is -0.579. The molecule has 0 aliphatic heterocycles. The Balaban J connectivity index is 2.53. The Hall–Kier alpha value is -1.83. The third-order valence-corrected chi connectivity index (χ3v) is 5.60. The fourth-order valence-corrected chi connectivity index (χ4v) is 3.67. The van der Waals surface area contributed by atoms with E-state index in [0.29, 0.717) is 0 Å². The molecule has 0 aromatic heterocycles. The molecule has 2 rings (SSSR count). The highest BCUT2D eigenvalue weighted by atomic mass is 35.5. The average molecular weight is 392 g/mol. The zero-order valence-electron chi connectivity index (χ0n) is 12.4. The molecule has 0 fully saturated rings. The van der Waals surface area contributed by atoms with Gasteiger partial charge in [-0.3, -0.25) is 9.10 Å². The minimum absolute atomic E-state index is 0.0508. The fraction of sp³-hybridized carbons (Fsp3) is 0.133. The minimum atomic E-state index is -4.14. The Bertz CT molecular complexity index is 856. The zero-order valence-corrected chi connectivity index (χ0v) is 14.7. The van der Waals surface area contributed by atoms with Crippen molar-refractivity contribution in [3.05, 3.63) is 58.3 Å². The predicted molar refractivity (Wildman–Crippen MR) is 89.4 cm³/mol. The number of rotatable bonds is 5. The van der Waals surface area contributed by atoms with Crippen LogP contribution in [-0.4, -0.2) is 28.0 Å². The molecule has 24 heavy (non-hydrogen) atoms. The van der Waals surface area contributed by atoms with E-state index in [-0.39, 0.29) is 20.6 Å². The maximum Gasteiger partial charge on any atom is 0.326 e. The number of hydrogen-bond donors (Lipinski definition) is 0. The van der Waals surface area contributed by atoms with Gasteiger partial charge in [-0.25, -0.2) is 12.8 Å². The Morgan fingerprint density at radius 1 is 1.12 bits per heavy atom. The van der Waals surface area contributed by atoms with Crippen molar-refractivity contribution in [3.63, 3.8) is 0 Å². The van der Waals surface area contributed by atoms with Gasteiger partial charge in [0.1, 0.15) is 12.4 Å². The first kappa shape index (κ1) is 18.5. The van der Waals surface area contributed by atoms with E-state index in [1.54, 1.807) is 0 Å². The smallest absolute Gasteiger partial charge is 0.326 e. The summed E-state index contributed by atoms with van der Waals surface area (Å²) in [6, 6.07) is 8.43. The summed E-state index contributed by atoms with van der Waals surface area (Å²) >= 11 is 11.7. The van der Waals surface area contributed by atoms with E-state index >= 15 is 0 Å². The molecule has 0 aliphatic carbocycles. The standard InChI is InChI=1S/C15H12Cl2FNO4S/c1-23-15(20)9-19(11-4-2-10(18)3-5-11)24(21,22)12-6-7-13(16)14(17)8-12/h2-8H,9H2,1H3. The molecule has 0 heterocycles. The van der Waals surface area contributed by atoms with Crippen molar-refractivity contribution in [1.29, 1.82) is 0 Å². The van der Waals surface area contributed by atoms with Gasteiger partial charge in [0, 0.05) is 0 Å². The van der Waals surface area contributed by atoms with Crippen molar-refractivity contribution in [1.82, 2.24) is 0 Å². The molecule has 0 amide bonds. The van der Waals surface area contributed by atoms with Crippen LogP contribution in [0.4, 0.5) is 10.1 Å². The molecular formula is C15H12Cl2FNO4S. The van der Waals surface area contributed by atoms with Crippen molar-refractivity contribution >= 4 is 44.9 Å². The van der Waals surface area contributed by atoms with Crippen LogP contribution in [0.25, 0.3) is 0 Å². The van der Waals surface area contributed by atoms with Crippen LogP contribution >= 0.6 is 23.2 Å².